The normalized spacial score (nSPS) is 16.6. The van der Waals surface area contributed by atoms with Crippen LogP contribution in [0.3, 0.4) is 0 Å². The van der Waals surface area contributed by atoms with Crippen LogP contribution in [0.4, 0.5) is 19.3 Å². The van der Waals surface area contributed by atoms with E-state index in [1.54, 1.807) is 18.2 Å². The van der Waals surface area contributed by atoms with Gasteiger partial charge in [0.05, 0.1) is 17.2 Å². The molecule has 27 heavy (non-hydrogen) atoms. The molecule has 8 heteroatoms. The molecule has 1 heterocycles. The lowest BCUT2D eigenvalue weighted by Gasteiger charge is -2.29. The zero-order valence-electron chi connectivity index (χ0n) is 14.5. The van der Waals surface area contributed by atoms with Gasteiger partial charge in [0.2, 0.25) is 0 Å². The second kappa shape index (κ2) is 7.36. The fourth-order valence-electron chi connectivity index (χ4n) is 2.87. The van der Waals surface area contributed by atoms with Crippen LogP contribution in [0.1, 0.15) is 24.1 Å². The summed E-state index contributed by atoms with van der Waals surface area (Å²) in [6.07, 6.45) is 0. The van der Waals surface area contributed by atoms with Crippen molar-refractivity contribution in [2.45, 2.75) is 19.9 Å². The topological polar surface area (TPSA) is 70.2 Å². The van der Waals surface area contributed by atoms with Gasteiger partial charge in [-0.15, -0.1) is 0 Å². The van der Waals surface area contributed by atoms with Crippen molar-refractivity contribution in [3.8, 4) is 0 Å². The highest BCUT2D eigenvalue weighted by Crippen LogP contribution is 2.31. The molecule has 0 bridgehead atoms. The van der Waals surface area contributed by atoms with Gasteiger partial charge in [-0.3, -0.25) is 4.79 Å². The van der Waals surface area contributed by atoms with Gasteiger partial charge in [0, 0.05) is 16.4 Å². The molecule has 3 rings (SSSR count). The summed E-state index contributed by atoms with van der Waals surface area (Å²) in [5.74, 6) is -2.34. The van der Waals surface area contributed by atoms with Crippen molar-refractivity contribution in [3.05, 3.63) is 75.5 Å². The number of carbonyl (C=O) groups is 2. The molecule has 1 atom stereocenters. The molecule has 2 aromatic carbocycles. The van der Waals surface area contributed by atoms with Crippen LogP contribution in [-0.4, -0.2) is 11.9 Å². The molecule has 1 unspecified atom stereocenters. The minimum atomic E-state index is -1.28. The highest BCUT2D eigenvalue weighted by molar-refractivity contribution is 6.31. The maximum atomic E-state index is 14.3. The number of benzene rings is 2. The van der Waals surface area contributed by atoms with Crippen molar-refractivity contribution in [2.75, 3.05) is 5.32 Å². The average Bonchev–Trinajstić information content (AvgIpc) is 2.57. The van der Waals surface area contributed by atoms with Crippen LogP contribution in [0.5, 0.6) is 0 Å². The molecule has 0 fully saturated rings. The second-order valence-electron chi connectivity index (χ2n) is 6.12. The van der Waals surface area contributed by atoms with E-state index >= 15 is 0 Å². The van der Waals surface area contributed by atoms with Gasteiger partial charge in [0.25, 0.3) is 5.91 Å². The Morgan fingerprint density at radius 1 is 1.15 bits per heavy atom. The SMILES string of the molecule is CC1=C(C(=O)Nc2ccc(C)c(Cl)c2)C(c2c(F)cccc2F)NC(=O)N1. The standard InChI is InChI=1S/C19H16ClF2N3O2/c1-9-6-7-11(8-12(9)20)24-18(26)15-10(2)23-19(27)25-17(15)16-13(21)4-3-5-14(16)22/h3-8,17H,1-2H3,(H,24,26)(H2,23,25,27). The van der Waals surface area contributed by atoms with Crippen LogP contribution in [-0.2, 0) is 4.79 Å². The third kappa shape index (κ3) is 3.78. The van der Waals surface area contributed by atoms with Crippen molar-refractivity contribution < 1.29 is 18.4 Å². The lowest BCUT2D eigenvalue weighted by Crippen LogP contribution is -2.46. The fraction of sp³-hybridized carbons (Fsp3) is 0.158. The number of rotatable bonds is 3. The molecule has 140 valence electrons. The van der Waals surface area contributed by atoms with Gasteiger partial charge in [-0.25, -0.2) is 13.6 Å². The first-order valence-corrected chi connectivity index (χ1v) is 8.45. The molecule has 1 aliphatic heterocycles. The number of nitrogens with one attached hydrogen (secondary N) is 3. The first-order valence-electron chi connectivity index (χ1n) is 8.07. The number of carbonyl (C=O) groups excluding carboxylic acids is 2. The monoisotopic (exact) mass is 391 g/mol. The number of amides is 3. The van der Waals surface area contributed by atoms with E-state index in [0.29, 0.717) is 10.7 Å². The number of anilines is 1. The summed E-state index contributed by atoms with van der Waals surface area (Å²) < 4.78 is 28.5. The summed E-state index contributed by atoms with van der Waals surface area (Å²) >= 11 is 6.07. The van der Waals surface area contributed by atoms with E-state index in [9.17, 15) is 18.4 Å². The van der Waals surface area contributed by atoms with Gasteiger partial charge in [-0.1, -0.05) is 23.7 Å². The lowest BCUT2D eigenvalue weighted by atomic mass is 9.94. The van der Waals surface area contributed by atoms with Crippen molar-refractivity contribution >= 4 is 29.2 Å². The van der Waals surface area contributed by atoms with E-state index in [1.807, 2.05) is 6.92 Å². The smallest absolute Gasteiger partial charge is 0.319 e. The Morgan fingerprint density at radius 3 is 2.44 bits per heavy atom. The molecule has 1 aliphatic rings. The Hall–Kier alpha value is -2.93. The highest BCUT2D eigenvalue weighted by Gasteiger charge is 2.34. The summed E-state index contributed by atoms with van der Waals surface area (Å²) in [6.45, 7) is 3.31. The van der Waals surface area contributed by atoms with Crippen LogP contribution in [0, 0.1) is 18.6 Å². The first kappa shape index (κ1) is 18.8. The van der Waals surface area contributed by atoms with Crippen LogP contribution < -0.4 is 16.0 Å². The van der Waals surface area contributed by atoms with E-state index < -0.39 is 35.2 Å². The van der Waals surface area contributed by atoms with E-state index in [4.69, 9.17) is 11.6 Å². The zero-order valence-corrected chi connectivity index (χ0v) is 15.2. The Labute approximate surface area is 159 Å². The summed E-state index contributed by atoms with van der Waals surface area (Å²) in [4.78, 5) is 24.7. The largest absolute Gasteiger partial charge is 0.326 e. The van der Waals surface area contributed by atoms with Crippen LogP contribution in [0.15, 0.2) is 47.7 Å². The van der Waals surface area contributed by atoms with Gasteiger partial charge in [-0.05, 0) is 43.7 Å². The molecule has 3 amide bonds. The van der Waals surface area contributed by atoms with E-state index in [-0.39, 0.29) is 11.3 Å². The zero-order chi connectivity index (χ0) is 19.7. The van der Waals surface area contributed by atoms with Crippen molar-refractivity contribution in [1.29, 1.82) is 0 Å². The van der Waals surface area contributed by atoms with Gasteiger partial charge in [0.15, 0.2) is 0 Å². The average molecular weight is 392 g/mol. The molecule has 0 radical (unpaired) electrons. The number of hydrogen-bond acceptors (Lipinski definition) is 2. The maximum Gasteiger partial charge on any atom is 0.319 e. The lowest BCUT2D eigenvalue weighted by molar-refractivity contribution is -0.113. The summed E-state index contributed by atoms with van der Waals surface area (Å²) in [5, 5.41) is 7.97. The van der Waals surface area contributed by atoms with Crippen LogP contribution >= 0.6 is 11.6 Å². The van der Waals surface area contributed by atoms with Crippen molar-refractivity contribution in [2.24, 2.45) is 0 Å². The fourth-order valence-corrected chi connectivity index (χ4v) is 3.05. The number of allylic oxidation sites excluding steroid dienone is 1. The van der Waals surface area contributed by atoms with E-state index in [2.05, 4.69) is 16.0 Å². The van der Waals surface area contributed by atoms with Crippen LogP contribution in [0.2, 0.25) is 5.02 Å². The molecule has 0 aromatic heterocycles. The number of halogens is 3. The molecule has 2 aromatic rings. The molecular weight excluding hydrogens is 376 g/mol. The highest BCUT2D eigenvalue weighted by atomic mass is 35.5. The summed E-state index contributed by atoms with van der Waals surface area (Å²) in [7, 11) is 0. The van der Waals surface area contributed by atoms with Crippen molar-refractivity contribution in [1.82, 2.24) is 10.6 Å². The number of urea groups is 1. The third-order valence-corrected chi connectivity index (χ3v) is 4.64. The first-order chi connectivity index (χ1) is 12.8. The Bertz CT molecular complexity index is 955. The van der Waals surface area contributed by atoms with Gasteiger partial charge in [0.1, 0.15) is 11.6 Å². The number of aryl methyl sites for hydroxylation is 1. The van der Waals surface area contributed by atoms with E-state index in [1.165, 1.54) is 13.0 Å². The Kier molecular flexibility index (Phi) is 5.14. The Balaban J connectivity index is 2.01. The van der Waals surface area contributed by atoms with Crippen LogP contribution in [0.25, 0.3) is 0 Å². The predicted octanol–water partition coefficient (Wildman–Crippen LogP) is 4.19. The minimum Gasteiger partial charge on any atom is -0.326 e. The molecule has 5 nitrogen and oxygen atoms in total. The second-order valence-corrected chi connectivity index (χ2v) is 6.53. The predicted molar refractivity (Wildman–Crippen MR) is 98.3 cm³/mol. The maximum absolute atomic E-state index is 14.3. The minimum absolute atomic E-state index is 0.00435. The van der Waals surface area contributed by atoms with Gasteiger partial charge < -0.3 is 16.0 Å². The molecule has 0 saturated heterocycles. The number of hydrogen-bond donors (Lipinski definition) is 3. The van der Waals surface area contributed by atoms with E-state index in [0.717, 1.165) is 17.7 Å². The summed E-state index contributed by atoms with van der Waals surface area (Å²) in [5.41, 5.74) is 1.04. The molecule has 0 saturated carbocycles. The van der Waals surface area contributed by atoms with Gasteiger partial charge >= 0.3 is 6.03 Å². The molecule has 0 spiro atoms. The molecular formula is C19H16ClF2N3O2. The van der Waals surface area contributed by atoms with Crippen molar-refractivity contribution in [3.63, 3.8) is 0 Å². The Morgan fingerprint density at radius 2 is 1.81 bits per heavy atom. The summed E-state index contributed by atoms with van der Waals surface area (Å²) in [6, 6.07) is 6.36. The third-order valence-electron chi connectivity index (χ3n) is 4.23. The quantitative estimate of drug-likeness (QED) is 0.734. The molecule has 0 aliphatic carbocycles. The molecule has 3 N–H and O–H groups in total. The van der Waals surface area contributed by atoms with Gasteiger partial charge in [-0.2, -0.15) is 0 Å².